The van der Waals surface area contributed by atoms with Crippen LogP contribution in [0.5, 0.6) is 11.5 Å². The Bertz CT molecular complexity index is 1170. The Hall–Kier alpha value is -4.34. The van der Waals surface area contributed by atoms with Gasteiger partial charge >= 0.3 is 17.8 Å². The molecule has 0 saturated heterocycles. The summed E-state index contributed by atoms with van der Waals surface area (Å²) in [7, 11) is 1.48. The molecule has 34 heavy (non-hydrogen) atoms. The van der Waals surface area contributed by atoms with Crippen molar-refractivity contribution in [1.29, 1.82) is 0 Å². The smallest absolute Gasteiger partial charge is 0.341 e. The highest BCUT2D eigenvalue weighted by Gasteiger charge is 2.26. The zero-order chi connectivity index (χ0) is 24.7. The van der Waals surface area contributed by atoms with E-state index in [9.17, 15) is 14.4 Å². The number of methoxy groups -OCH3 is 1. The van der Waals surface area contributed by atoms with E-state index in [1.54, 1.807) is 56.3 Å². The molecule has 0 spiro atoms. The molecule has 3 aromatic rings. The molecule has 0 fully saturated rings. The number of aromatic nitrogens is 1. The van der Waals surface area contributed by atoms with Crippen LogP contribution >= 0.6 is 0 Å². The van der Waals surface area contributed by atoms with Crippen LogP contribution in [0.3, 0.4) is 0 Å². The molecular formula is C24H25N3O7. The number of carbonyl (C=O) groups is 3. The molecule has 10 heteroatoms. The van der Waals surface area contributed by atoms with Gasteiger partial charge < -0.3 is 29.6 Å². The summed E-state index contributed by atoms with van der Waals surface area (Å²) in [5.41, 5.74) is 0.880. The van der Waals surface area contributed by atoms with Crippen LogP contribution in [0, 0.1) is 0 Å². The quantitative estimate of drug-likeness (QED) is 0.408. The van der Waals surface area contributed by atoms with Gasteiger partial charge in [0.05, 0.1) is 18.9 Å². The van der Waals surface area contributed by atoms with Crippen LogP contribution in [-0.2, 0) is 20.8 Å². The van der Waals surface area contributed by atoms with E-state index in [0.717, 1.165) is 0 Å². The average Bonchev–Trinajstić information content (AvgIpc) is 3.32. The van der Waals surface area contributed by atoms with Crippen LogP contribution in [0.15, 0.2) is 59.5 Å². The van der Waals surface area contributed by atoms with Gasteiger partial charge in [-0.05, 0) is 44.0 Å². The Balaban J connectivity index is 1.65. The van der Waals surface area contributed by atoms with E-state index in [1.807, 2.05) is 0 Å². The molecule has 0 radical (unpaired) electrons. The Morgan fingerprint density at radius 1 is 1.09 bits per heavy atom. The van der Waals surface area contributed by atoms with Crippen molar-refractivity contribution in [2.75, 3.05) is 19.0 Å². The number of ether oxygens (including phenoxy) is 2. The SMILES string of the molecule is COc1cc(NC(=O)C(=O)NC(C)(C)Cc2ccccc2OCC(=O)O)ccc1-c1cnco1. The van der Waals surface area contributed by atoms with Crippen molar-refractivity contribution in [3.05, 3.63) is 60.6 Å². The number of oxazole rings is 1. The molecule has 1 aromatic heterocycles. The topological polar surface area (TPSA) is 140 Å². The second kappa shape index (κ2) is 10.5. The lowest BCUT2D eigenvalue weighted by atomic mass is 9.94. The molecule has 0 atom stereocenters. The monoisotopic (exact) mass is 467 g/mol. The molecular weight excluding hydrogens is 442 g/mol. The minimum absolute atomic E-state index is 0.307. The first kappa shape index (κ1) is 24.3. The third kappa shape index (κ3) is 6.35. The maximum Gasteiger partial charge on any atom is 0.341 e. The van der Waals surface area contributed by atoms with Crippen molar-refractivity contribution in [2.24, 2.45) is 0 Å². The van der Waals surface area contributed by atoms with Crippen molar-refractivity contribution < 1.29 is 33.4 Å². The number of nitrogens with zero attached hydrogens (tertiary/aromatic N) is 1. The number of nitrogens with one attached hydrogen (secondary N) is 2. The van der Waals surface area contributed by atoms with E-state index in [4.69, 9.17) is 19.0 Å². The Morgan fingerprint density at radius 2 is 1.85 bits per heavy atom. The van der Waals surface area contributed by atoms with Gasteiger partial charge in [0.25, 0.3) is 0 Å². The molecule has 0 aliphatic heterocycles. The number of para-hydroxylation sites is 1. The molecule has 3 rings (SSSR count). The van der Waals surface area contributed by atoms with Gasteiger partial charge in [-0.25, -0.2) is 9.78 Å². The lowest BCUT2D eigenvalue weighted by Gasteiger charge is -2.27. The molecule has 0 aliphatic carbocycles. The first-order valence-corrected chi connectivity index (χ1v) is 10.3. The number of carboxylic acids is 1. The minimum Gasteiger partial charge on any atom is -0.496 e. The van der Waals surface area contributed by atoms with Crippen LogP contribution < -0.4 is 20.1 Å². The molecule has 0 unspecified atom stereocenters. The van der Waals surface area contributed by atoms with Gasteiger partial charge in [-0.15, -0.1) is 0 Å². The number of amides is 2. The lowest BCUT2D eigenvalue weighted by molar-refractivity contribution is -0.139. The number of rotatable bonds is 9. The summed E-state index contributed by atoms with van der Waals surface area (Å²) in [5.74, 6) is -1.43. The van der Waals surface area contributed by atoms with E-state index in [-0.39, 0.29) is 0 Å². The number of hydrogen-bond acceptors (Lipinski definition) is 7. The van der Waals surface area contributed by atoms with Crippen molar-refractivity contribution in [3.8, 4) is 22.8 Å². The predicted octanol–water partition coefficient (Wildman–Crippen LogP) is 2.89. The second-order valence-electron chi connectivity index (χ2n) is 8.04. The van der Waals surface area contributed by atoms with Gasteiger partial charge in [0.1, 0.15) is 11.5 Å². The fourth-order valence-electron chi connectivity index (χ4n) is 3.32. The normalized spacial score (nSPS) is 10.9. The standard InChI is InChI=1S/C24H25N3O7/c1-24(2,11-15-6-4-5-7-18(15)33-13-21(28)29)27-23(31)22(30)26-16-8-9-17(19(10-16)32-3)20-12-25-14-34-20/h4-10,12,14H,11,13H2,1-3H3,(H,26,30)(H,27,31)(H,28,29). The Kier molecular flexibility index (Phi) is 7.52. The molecule has 178 valence electrons. The summed E-state index contributed by atoms with van der Waals surface area (Å²) in [6.45, 7) is 3.02. The average molecular weight is 467 g/mol. The first-order valence-electron chi connectivity index (χ1n) is 10.3. The molecule has 3 N–H and O–H groups in total. The number of anilines is 1. The highest BCUT2D eigenvalue weighted by atomic mass is 16.5. The van der Waals surface area contributed by atoms with Crippen LogP contribution in [0.25, 0.3) is 11.3 Å². The highest BCUT2D eigenvalue weighted by Crippen LogP contribution is 2.32. The molecule has 1 heterocycles. The maximum atomic E-state index is 12.6. The predicted molar refractivity (Wildman–Crippen MR) is 123 cm³/mol. The van der Waals surface area contributed by atoms with E-state index in [0.29, 0.717) is 40.5 Å². The Morgan fingerprint density at radius 3 is 2.53 bits per heavy atom. The molecule has 0 aliphatic rings. The van der Waals surface area contributed by atoms with Crippen molar-refractivity contribution in [3.63, 3.8) is 0 Å². The Labute approximate surface area is 195 Å². The molecule has 10 nitrogen and oxygen atoms in total. The van der Waals surface area contributed by atoms with Gasteiger partial charge in [0, 0.05) is 17.3 Å². The van der Waals surface area contributed by atoms with Gasteiger partial charge in [-0.2, -0.15) is 0 Å². The van der Waals surface area contributed by atoms with Crippen LogP contribution in [0.4, 0.5) is 5.69 Å². The fourth-order valence-corrected chi connectivity index (χ4v) is 3.32. The summed E-state index contributed by atoms with van der Waals surface area (Å²) in [6.07, 6.45) is 3.14. The number of aliphatic carboxylic acids is 1. The fraction of sp³-hybridized carbons (Fsp3) is 0.250. The number of hydrogen-bond donors (Lipinski definition) is 3. The summed E-state index contributed by atoms with van der Waals surface area (Å²) in [4.78, 5) is 39.8. The summed E-state index contributed by atoms with van der Waals surface area (Å²) in [5, 5.41) is 14.1. The first-order chi connectivity index (χ1) is 16.2. The van der Waals surface area contributed by atoms with Crippen molar-refractivity contribution >= 4 is 23.5 Å². The van der Waals surface area contributed by atoms with Gasteiger partial charge in [0.15, 0.2) is 18.8 Å². The van der Waals surface area contributed by atoms with Crippen LogP contribution in [0.2, 0.25) is 0 Å². The minimum atomic E-state index is -1.09. The zero-order valence-electron chi connectivity index (χ0n) is 19.0. The third-order valence-corrected chi connectivity index (χ3v) is 4.77. The lowest BCUT2D eigenvalue weighted by Crippen LogP contribution is -2.49. The van der Waals surface area contributed by atoms with E-state index in [1.165, 1.54) is 19.7 Å². The van der Waals surface area contributed by atoms with E-state index >= 15 is 0 Å². The van der Waals surface area contributed by atoms with E-state index < -0.39 is 29.9 Å². The third-order valence-electron chi connectivity index (χ3n) is 4.77. The van der Waals surface area contributed by atoms with Gasteiger partial charge in [0.2, 0.25) is 0 Å². The summed E-state index contributed by atoms with van der Waals surface area (Å²) >= 11 is 0. The van der Waals surface area contributed by atoms with Crippen molar-refractivity contribution in [2.45, 2.75) is 25.8 Å². The molecule has 0 bridgehead atoms. The summed E-state index contributed by atoms with van der Waals surface area (Å²) in [6, 6.07) is 11.8. The maximum absolute atomic E-state index is 12.6. The van der Waals surface area contributed by atoms with Crippen LogP contribution in [-0.4, -0.2) is 47.1 Å². The van der Waals surface area contributed by atoms with E-state index in [2.05, 4.69) is 15.6 Å². The highest BCUT2D eigenvalue weighted by molar-refractivity contribution is 6.39. The molecule has 2 aromatic carbocycles. The second-order valence-corrected chi connectivity index (χ2v) is 8.04. The summed E-state index contributed by atoms with van der Waals surface area (Å²) < 4.78 is 16.0. The zero-order valence-corrected chi connectivity index (χ0v) is 19.0. The molecule has 0 saturated carbocycles. The van der Waals surface area contributed by atoms with Gasteiger partial charge in [-0.3, -0.25) is 9.59 Å². The molecule has 2 amide bonds. The number of carboxylic acid groups (broad SMARTS) is 1. The number of benzene rings is 2. The van der Waals surface area contributed by atoms with Crippen molar-refractivity contribution in [1.82, 2.24) is 10.3 Å². The largest absolute Gasteiger partial charge is 0.496 e. The van der Waals surface area contributed by atoms with Crippen LogP contribution in [0.1, 0.15) is 19.4 Å². The van der Waals surface area contributed by atoms with Gasteiger partial charge in [-0.1, -0.05) is 18.2 Å². The number of carbonyl (C=O) groups excluding carboxylic acids is 2.